The van der Waals surface area contributed by atoms with Crippen molar-refractivity contribution >= 4 is 11.8 Å². The third-order valence-corrected chi connectivity index (χ3v) is 5.79. The monoisotopic (exact) mass is 305 g/mol. The zero-order valence-corrected chi connectivity index (χ0v) is 12.6. The van der Waals surface area contributed by atoms with Gasteiger partial charge < -0.3 is 5.11 Å². The highest BCUT2D eigenvalue weighted by molar-refractivity contribution is 6.07. The van der Waals surface area contributed by atoms with Gasteiger partial charge in [-0.1, -0.05) is 48.5 Å². The summed E-state index contributed by atoms with van der Waals surface area (Å²) in [5.41, 5.74) is 2.03. The first-order valence-electron chi connectivity index (χ1n) is 7.79. The smallest absolute Gasteiger partial charge is 0.236 e. The van der Waals surface area contributed by atoms with Crippen LogP contribution < -0.4 is 0 Å². The van der Waals surface area contributed by atoms with E-state index in [0.29, 0.717) is 0 Å². The van der Waals surface area contributed by atoms with E-state index in [2.05, 4.69) is 0 Å². The van der Waals surface area contributed by atoms with Crippen molar-refractivity contribution in [2.75, 3.05) is 7.05 Å². The molecule has 1 N–H and O–H groups in total. The molecule has 6 rings (SSSR count). The van der Waals surface area contributed by atoms with Crippen LogP contribution >= 0.6 is 0 Å². The van der Waals surface area contributed by atoms with Gasteiger partial charge in [-0.25, -0.2) is 0 Å². The van der Waals surface area contributed by atoms with E-state index in [1.54, 1.807) is 0 Å². The van der Waals surface area contributed by atoms with Crippen LogP contribution in [0.3, 0.4) is 0 Å². The molecule has 2 aromatic rings. The lowest BCUT2D eigenvalue weighted by molar-refractivity contribution is -0.140. The maximum atomic E-state index is 12.7. The number of imide groups is 1. The molecule has 4 heteroatoms. The fourth-order valence-electron chi connectivity index (χ4n) is 4.88. The molecule has 1 aliphatic heterocycles. The molecule has 2 aromatic carbocycles. The van der Waals surface area contributed by atoms with Crippen molar-refractivity contribution in [3.8, 4) is 0 Å². The summed E-state index contributed by atoms with van der Waals surface area (Å²) in [5.74, 6) is -1.87. The van der Waals surface area contributed by atoms with Crippen LogP contribution in [0, 0.1) is 11.8 Å². The van der Waals surface area contributed by atoms with Crippen LogP contribution in [0.4, 0.5) is 0 Å². The molecule has 4 nitrogen and oxygen atoms in total. The van der Waals surface area contributed by atoms with Crippen LogP contribution in [0.1, 0.15) is 28.2 Å². The molecule has 0 aromatic heterocycles. The lowest BCUT2D eigenvalue weighted by Gasteiger charge is -2.51. The standard InChI is InChI=1S/C19H15NO3/c1-20-17(21)15-14-10-6-2-4-8-12(10)19(23,16(15)18(20)22)13-9-5-3-7-11(13)14/h2-9,14-16,23H,1H3/t14?,15-,16+,19?/m1/s1. The summed E-state index contributed by atoms with van der Waals surface area (Å²) >= 11 is 0. The molecule has 2 amide bonds. The Bertz CT molecular complexity index is 840. The van der Waals surface area contributed by atoms with Crippen LogP contribution in [0.25, 0.3) is 0 Å². The van der Waals surface area contributed by atoms with Crippen LogP contribution in [0.2, 0.25) is 0 Å². The maximum absolute atomic E-state index is 12.7. The summed E-state index contributed by atoms with van der Waals surface area (Å²) in [4.78, 5) is 26.6. The SMILES string of the molecule is CN1C(=O)[C@@H]2C3c4ccccc4C(O)(c4ccccc43)[C@@H]2C1=O. The normalized spacial score (nSPS) is 33.5. The Morgan fingerprint density at radius 2 is 1.43 bits per heavy atom. The fourth-order valence-corrected chi connectivity index (χ4v) is 4.88. The van der Waals surface area contributed by atoms with E-state index in [4.69, 9.17) is 0 Å². The van der Waals surface area contributed by atoms with Gasteiger partial charge in [-0.05, 0) is 22.3 Å². The molecule has 0 saturated carbocycles. The molecule has 0 spiro atoms. The molecule has 1 heterocycles. The molecular weight excluding hydrogens is 290 g/mol. The van der Waals surface area contributed by atoms with E-state index < -0.39 is 17.4 Å². The van der Waals surface area contributed by atoms with Crippen molar-refractivity contribution in [2.45, 2.75) is 11.5 Å². The fraction of sp³-hybridized carbons (Fsp3) is 0.263. The summed E-state index contributed by atoms with van der Waals surface area (Å²) in [5, 5.41) is 11.7. The number of hydrogen-bond donors (Lipinski definition) is 1. The highest BCUT2D eigenvalue weighted by Crippen LogP contribution is 2.62. The molecule has 23 heavy (non-hydrogen) atoms. The molecule has 2 atom stereocenters. The molecule has 0 radical (unpaired) electrons. The molecule has 4 aliphatic rings. The average Bonchev–Trinajstić information content (AvgIpc) is 2.81. The third kappa shape index (κ3) is 1.24. The van der Waals surface area contributed by atoms with Crippen molar-refractivity contribution in [3.63, 3.8) is 0 Å². The highest BCUT2D eigenvalue weighted by atomic mass is 16.3. The minimum Gasteiger partial charge on any atom is -0.379 e. The third-order valence-electron chi connectivity index (χ3n) is 5.79. The Morgan fingerprint density at radius 1 is 0.913 bits per heavy atom. The van der Waals surface area contributed by atoms with Gasteiger partial charge in [0.1, 0.15) is 5.60 Å². The Labute approximate surface area is 133 Å². The van der Waals surface area contributed by atoms with Crippen LogP contribution in [0.5, 0.6) is 0 Å². The van der Waals surface area contributed by atoms with E-state index in [1.807, 2.05) is 48.5 Å². The summed E-state index contributed by atoms with van der Waals surface area (Å²) in [6.45, 7) is 0. The Kier molecular flexibility index (Phi) is 2.20. The number of amides is 2. The lowest BCUT2D eigenvalue weighted by atomic mass is 9.52. The second-order valence-corrected chi connectivity index (χ2v) is 6.66. The van der Waals surface area contributed by atoms with Gasteiger partial charge in [0.05, 0.1) is 11.8 Å². The Hall–Kier alpha value is -2.46. The van der Waals surface area contributed by atoms with Gasteiger partial charge in [-0.15, -0.1) is 0 Å². The van der Waals surface area contributed by atoms with E-state index in [-0.39, 0.29) is 17.7 Å². The van der Waals surface area contributed by atoms with Crippen molar-refractivity contribution in [1.29, 1.82) is 0 Å². The first kappa shape index (κ1) is 13.0. The first-order chi connectivity index (χ1) is 11.1. The molecule has 1 saturated heterocycles. The van der Waals surface area contributed by atoms with Gasteiger partial charge in [-0.2, -0.15) is 0 Å². The predicted octanol–water partition coefficient (Wildman–Crippen LogP) is 1.61. The van der Waals surface area contributed by atoms with E-state index in [9.17, 15) is 14.7 Å². The highest BCUT2D eigenvalue weighted by Gasteiger charge is 2.67. The summed E-state index contributed by atoms with van der Waals surface area (Å²) in [6, 6.07) is 15.3. The number of carbonyl (C=O) groups is 2. The van der Waals surface area contributed by atoms with Gasteiger partial charge >= 0.3 is 0 Å². The average molecular weight is 305 g/mol. The molecule has 3 aliphatic carbocycles. The molecule has 1 fully saturated rings. The number of nitrogens with zero attached hydrogens (tertiary/aromatic N) is 1. The Morgan fingerprint density at radius 3 is 2.00 bits per heavy atom. The van der Waals surface area contributed by atoms with E-state index in [0.717, 1.165) is 22.3 Å². The zero-order chi connectivity index (χ0) is 15.9. The molecule has 0 unspecified atom stereocenters. The quantitative estimate of drug-likeness (QED) is 0.752. The number of aliphatic hydroxyl groups is 1. The van der Waals surface area contributed by atoms with Gasteiger partial charge in [0.15, 0.2) is 0 Å². The number of carbonyl (C=O) groups excluding carboxylic acids is 2. The molecule has 114 valence electrons. The molecular formula is C19H15NO3. The topological polar surface area (TPSA) is 57.6 Å². The van der Waals surface area contributed by atoms with Crippen molar-refractivity contribution in [1.82, 2.24) is 4.90 Å². The van der Waals surface area contributed by atoms with Crippen molar-refractivity contribution in [3.05, 3.63) is 70.8 Å². The largest absolute Gasteiger partial charge is 0.379 e. The number of hydrogen-bond acceptors (Lipinski definition) is 3. The zero-order valence-electron chi connectivity index (χ0n) is 12.6. The second-order valence-electron chi connectivity index (χ2n) is 6.66. The number of rotatable bonds is 0. The number of benzene rings is 2. The van der Waals surface area contributed by atoms with Crippen molar-refractivity contribution < 1.29 is 14.7 Å². The summed E-state index contributed by atoms with van der Waals surface area (Å²) < 4.78 is 0. The Balaban J connectivity index is 1.92. The van der Waals surface area contributed by atoms with Gasteiger partial charge in [-0.3, -0.25) is 14.5 Å². The van der Waals surface area contributed by atoms with E-state index in [1.165, 1.54) is 11.9 Å². The van der Waals surface area contributed by atoms with Crippen LogP contribution in [-0.2, 0) is 15.2 Å². The van der Waals surface area contributed by atoms with E-state index >= 15 is 0 Å². The molecule has 2 bridgehead atoms. The second kappa shape index (κ2) is 3.89. The van der Waals surface area contributed by atoms with Crippen LogP contribution in [0.15, 0.2) is 48.5 Å². The van der Waals surface area contributed by atoms with Gasteiger partial charge in [0, 0.05) is 13.0 Å². The first-order valence-corrected chi connectivity index (χ1v) is 7.79. The maximum Gasteiger partial charge on any atom is 0.236 e. The summed E-state index contributed by atoms with van der Waals surface area (Å²) in [6.07, 6.45) is 0. The predicted molar refractivity (Wildman–Crippen MR) is 82.5 cm³/mol. The number of likely N-dealkylation sites (tertiary alicyclic amines) is 1. The van der Waals surface area contributed by atoms with Gasteiger partial charge in [0.25, 0.3) is 0 Å². The summed E-state index contributed by atoms with van der Waals surface area (Å²) in [7, 11) is 1.52. The van der Waals surface area contributed by atoms with Crippen LogP contribution in [-0.4, -0.2) is 28.9 Å². The lowest BCUT2D eigenvalue weighted by Crippen LogP contribution is -2.53. The van der Waals surface area contributed by atoms with Gasteiger partial charge in [0.2, 0.25) is 11.8 Å². The minimum atomic E-state index is -1.43. The van der Waals surface area contributed by atoms with Crippen molar-refractivity contribution in [2.24, 2.45) is 11.8 Å². The minimum absolute atomic E-state index is 0.164.